The molecule has 1 aromatic rings. The van der Waals surface area contributed by atoms with E-state index in [9.17, 15) is 0 Å². The molecule has 0 bridgehead atoms. The predicted molar refractivity (Wildman–Crippen MR) is 74.6 cm³/mol. The van der Waals surface area contributed by atoms with Gasteiger partial charge in [0.05, 0.1) is 6.54 Å². The summed E-state index contributed by atoms with van der Waals surface area (Å²) < 4.78 is 11.4. The van der Waals surface area contributed by atoms with Crippen LogP contribution in [0.25, 0.3) is 0 Å². The molecule has 1 heterocycles. The van der Waals surface area contributed by atoms with E-state index >= 15 is 0 Å². The average Bonchev–Trinajstić information content (AvgIpc) is 2.67. The first kappa shape index (κ1) is 15.3. The van der Waals surface area contributed by atoms with E-state index in [1.807, 2.05) is 0 Å². The van der Waals surface area contributed by atoms with Gasteiger partial charge in [-0.15, -0.1) is 0 Å². The summed E-state index contributed by atoms with van der Waals surface area (Å²) >= 11 is 0. The summed E-state index contributed by atoms with van der Waals surface area (Å²) in [6, 6.07) is 2.56. The summed E-state index contributed by atoms with van der Waals surface area (Å²) in [5.74, 6) is 1.96. The molecule has 0 aliphatic rings. The van der Waals surface area contributed by atoms with Gasteiger partial charge in [-0.25, -0.2) is 0 Å². The lowest BCUT2D eigenvalue weighted by atomic mass is 10.2. The van der Waals surface area contributed by atoms with E-state index in [0.717, 1.165) is 31.1 Å². The fourth-order valence-electron chi connectivity index (χ4n) is 1.76. The van der Waals surface area contributed by atoms with Crippen LogP contribution in [0.15, 0.2) is 10.5 Å². The lowest BCUT2D eigenvalue weighted by Gasteiger charge is -2.06. The number of furan rings is 1. The maximum absolute atomic E-state index is 5.78. The average molecular weight is 253 g/mol. The number of aryl methyl sites for hydroxylation is 1. The van der Waals surface area contributed by atoms with Crippen LogP contribution in [0.5, 0.6) is 0 Å². The van der Waals surface area contributed by atoms with Gasteiger partial charge in [0.15, 0.2) is 0 Å². The Bertz CT molecular complexity index is 331. The molecule has 18 heavy (non-hydrogen) atoms. The van der Waals surface area contributed by atoms with Crippen molar-refractivity contribution in [2.45, 2.75) is 66.2 Å². The Labute approximate surface area is 111 Å². The van der Waals surface area contributed by atoms with Gasteiger partial charge in [0.25, 0.3) is 0 Å². The van der Waals surface area contributed by atoms with E-state index in [0.29, 0.717) is 12.6 Å². The summed E-state index contributed by atoms with van der Waals surface area (Å²) in [7, 11) is 0. The maximum Gasteiger partial charge on any atom is 0.130 e. The van der Waals surface area contributed by atoms with Crippen molar-refractivity contribution in [3.63, 3.8) is 0 Å². The van der Waals surface area contributed by atoms with Crippen LogP contribution in [0, 0.1) is 6.92 Å². The molecule has 0 amide bonds. The second-order valence-electron chi connectivity index (χ2n) is 5.11. The molecule has 1 N–H and O–H groups in total. The Morgan fingerprint density at radius 2 is 2.11 bits per heavy atom. The van der Waals surface area contributed by atoms with E-state index < -0.39 is 0 Å². The molecule has 0 radical (unpaired) electrons. The quantitative estimate of drug-likeness (QED) is 0.680. The molecule has 0 saturated carbocycles. The second-order valence-corrected chi connectivity index (χ2v) is 5.11. The minimum absolute atomic E-state index is 0.475. The van der Waals surface area contributed by atoms with Crippen LogP contribution in [0.4, 0.5) is 0 Å². The SMILES string of the molecule is CCCCCOCc1cc(C)c(CNC(C)C)o1. The zero-order valence-corrected chi connectivity index (χ0v) is 12.2. The van der Waals surface area contributed by atoms with E-state index in [-0.39, 0.29) is 0 Å². The van der Waals surface area contributed by atoms with Crippen molar-refractivity contribution in [1.29, 1.82) is 0 Å². The van der Waals surface area contributed by atoms with E-state index in [1.165, 1.54) is 18.4 Å². The van der Waals surface area contributed by atoms with Gasteiger partial charge in [0, 0.05) is 12.6 Å². The van der Waals surface area contributed by atoms with Crippen molar-refractivity contribution >= 4 is 0 Å². The molecule has 104 valence electrons. The maximum atomic E-state index is 5.78. The highest BCUT2D eigenvalue weighted by atomic mass is 16.5. The van der Waals surface area contributed by atoms with Gasteiger partial charge in [0.2, 0.25) is 0 Å². The Morgan fingerprint density at radius 3 is 2.78 bits per heavy atom. The standard InChI is InChI=1S/C15H27NO2/c1-5-6-7-8-17-11-14-9-13(4)15(18-14)10-16-12(2)3/h9,12,16H,5-8,10-11H2,1-4H3. The highest BCUT2D eigenvalue weighted by Gasteiger charge is 2.07. The summed E-state index contributed by atoms with van der Waals surface area (Å²) in [5.41, 5.74) is 1.20. The van der Waals surface area contributed by atoms with Gasteiger partial charge < -0.3 is 14.5 Å². The van der Waals surface area contributed by atoms with Crippen LogP contribution < -0.4 is 5.32 Å². The zero-order chi connectivity index (χ0) is 13.4. The third-order valence-corrected chi connectivity index (χ3v) is 2.88. The van der Waals surface area contributed by atoms with Gasteiger partial charge in [-0.2, -0.15) is 0 Å². The lowest BCUT2D eigenvalue weighted by Crippen LogP contribution is -2.21. The van der Waals surface area contributed by atoms with Crippen LogP contribution in [0.1, 0.15) is 57.1 Å². The predicted octanol–water partition coefficient (Wildman–Crippen LogP) is 3.79. The Hall–Kier alpha value is -0.800. The molecule has 0 spiro atoms. The largest absolute Gasteiger partial charge is 0.462 e. The highest BCUT2D eigenvalue weighted by Crippen LogP contribution is 2.15. The second kappa shape index (κ2) is 8.33. The summed E-state index contributed by atoms with van der Waals surface area (Å²) in [4.78, 5) is 0. The molecule has 0 unspecified atom stereocenters. The van der Waals surface area contributed by atoms with Crippen LogP contribution in [0.2, 0.25) is 0 Å². The van der Waals surface area contributed by atoms with Gasteiger partial charge in [-0.05, 0) is 25.0 Å². The minimum atomic E-state index is 0.475. The van der Waals surface area contributed by atoms with Crippen LogP contribution in [0.3, 0.4) is 0 Å². The molecule has 0 saturated heterocycles. The Balaban J connectivity index is 2.31. The number of unbranched alkanes of at least 4 members (excludes halogenated alkanes) is 2. The Morgan fingerprint density at radius 1 is 1.33 bits per heavy atom. The zero-order valence-electron chi connectivity index (χ0n) is 12.2. The third kappa shape index (κ3) is 5.69. The van der Waals surface area contributed by atoms with Gasteiger partial charge >= 0.3 is 0 Å². The highest BCUT2D eigenvalue weighted by molar-refractivity contribution is 5.19. The number of rotatable bonds is 9. The van der Waals surface area contributed by atoms with Crippen molar-refractivity contribution in [3.05, 3.63) is 23.2 Å². The van der Waals surface area contributed by atoms with Crippen molar-refractivity contribution in [2.24, 2.45) is 0 Å². The van der Waals surface area contributed by atoms with Crippen molar-refractivity contribution in [3.8, 4) is 0 Å². The van der Waals surface area contributed by atoms with Gasteiger partial charge in [-0.1, -0.05) is 33.6 Å². The molecule has 1 aromatic heterocycles. The Kier molecular flexibility index (Phi) is 7.06. The number of hydrogen-bond donors (Lipinski definition) is 1. The number of ether oxygens (including phenoxy) is 1. The fourth-order valence-corrected chi connectivity index (χ4v) is 1.76. The molecule has 0 atom stereocenters. The van der Waals surface area contributed by atoms with Gasteiger partial charge in [0.1, 0.15) is 18.1 Å². The van der Waals surface area contributed by atoms with Crippen molar-refractivity contribution in [1.82, 2.24) is 5.32 Å². The summed E-state index contributed by atoms with van der Waals surface area (Å²) in [6.07, 6.45) is 3.60. The number of nitrogens with one attached hydrogen (secondary N) is 1. The first-order valence-electron chi connectivity index (χ1n) is 7.02. The van der Waals surface area contributed by atoms with E-state index in [2.05, 4.69) is 39.1 Å². The topological polar surface area (TPSA) is 34.4 Å². The minimum Gasteiger partial charge on any atom is -0.462 e. The van der Waals surface area contributed by atoms with Crippen LogP contribution in [-0.2, 0) is 17.9 Å². The first-order chi connectivity index (χ1) is 8.63. The van der Waals surface area contributed by atoms with Crippen molar-refractivity contribution in [2.75, 3.05) is 6.61 Å². The van der Waals surface area contributed by atoms with Gasteiger partial charge in [-0.3, -0.25) is 0 Å². The smallest absolute Gasteiger partial charge is 0.130 e. The summed E-state index contributed by atoms with van der Waals surface area (Å²) in [6.45, 7) is 10.8. The molecular weight excluding hydrogens is 226 g/mol. The first-order valence-corrected chi connectivity index (χ1v) is 7.02. The molecule has 3 nitrogen and oxygen atoms in total. The van der Waals surface area contributed by atoms with Crippen molar-refractivity contribution < 1.29 is 9.15 Å². The van der Waals surface area contributed by atoms with Crippen LogP contribution in [-0.4, -0.2) is 12.6 Å². The number of hydrogen-bond acceptors (Lipinski definition) is 3. The normalized spacial score (nSPS) is 11.4. The molecule has 0 aliphatic carbocycles. The molecule has 3 heteroatoms. The molecule has 0 aliphatic heterocycles. The third-order valence-electron chi connectivity index (χ3n) is 2.88. The summed E-state index contributed by atoms with van der Waals surface area (Å²) in [5, 5.41) is 3.37. The van der Waals surface area contributed by atoms with E-state index in [4.69, 9.17) is 9.15 Å². The molecule has 1 rings (SSSR count). The molecule has 0 fully saturated rings. The fraction of sp³-hybridized carbons (Fsp3) is 0.733. The van der Waals surface area contributed by atoms with E-state index in [1.54, 1.807) is 0 Å². The van der Waals surface area contributed by atoms with Crippen LogP contribution >= 0.6 is 0 Å². The molecular formula is C15H27NO2. The molecule has 0 aromatic carbocycles. The lowest BCUT2D eigenvalue weighted by molar-refractivity contribution is 0.102. The monoisotopic (exact) mass is 253 g/mol.